The van der Waals surface area contributed by atoms with Gasteiger partial charge in [0.05, 0.1) is 7.11 Å². The van der Waals surface area contributed by atoms with Gasteiger partial charge in [-0.2, -0.15) is 11.8 Å². The Morgan fingerprint density at radius 1 is 1.29 bits per heavy atom. The fraction of sp³-hybridized carbons (Fsp3) is 0.538. The summed E-state index contributed by atoms with van der Waals surface area (Å²) in [6.07, 6.45) is 2.47. The smallest absolute Gasteiger partial charge is 0.162 e. The molecule has 2 fully saturated rings. The highest BCUT2D eigenvalue weighted by molar-refractivity contribution is 8.00. The first-order valence-electron chi connectivity index (χ1n) is 5.93. The van der Waals surface area contributed by atoms with E-state index in [2.05, 4.69) is 6.07 Å². The molecule has 0 bridgehead atoms. The van der Waals surface area contributed by atoms with Crippen LogP contribution in [0, 0.1) is 0 Å². The molecule has 1 aliphatic heterocycles. The van der Waals surface area contributed by atoms with Crippen molar-refractivity contribution in [1.29, 1.82) is 0 Å². The van der Waals surface area contributed by atoms with Crippen LogP contribution in [-0.2, 0) is 5.54 Å². The van der Waals surface area contributed by atoms with Gasteiger partial charge in [-0.15, -0.1) is 0 Å². The summed E-state index contributed by atoms with van der Waals surface area (Å²) in [6, 6.07) is 6.06. The molecule has 0 amide bonds. The second kappa shape index (κ2) is 4.10. The van der Waals surface area contributed by atoms with Crippen molar-refractivity contribution >= 4 is 11.8 Å². The SMILES string of the molecule is COc1ccc(C2(N)CC2)cc1OC1CSC1. The van der Waals surface area contributed by atoms with Crippen molar-refractivity contribution in [1.82, 2.24) is 0 Å². The predicted octanol–water partition coefficient (Wildman–Crippen LogP) is 2.14. The molecule has 1 saturated carbocycles. The zero-order chi connectivity index (χ0) is 11.9. The fourth-order valence-electron chi connectivity index (χ4n) is 1.96. The average molecular weight is 251 g/mol. The Labute approximate surface area is 106 Å². The van der Waals surface area contributed by atoms with Crippen LogP contribution in [0.25, 0.3) is 0 Å². The van der Waals surface area contributed by atoms with E-state index in [0.717, 1.165) is 35.8 Å². The molecule has 2 aliphatic rings. The molecule has 3 rings (SSSR count). The van der Waals surface area contributed by atoms with Crippen molar-refractivity contribution in [2.75, 3.05) is 18.6 Å². The summed E-state index contributed by atoms with van der Waals surface area (Å²) in [4.78, 5) is 0. The number of thioether (sulfide) groups is 1. The Balaban J connectivity index is 1.86. The van der Waals surface area contributed by atoms with E-state index >= 15 is 0 Å². The Bertz CT molecular complexity index is 427. The van der Waals surface area contributed by atoms with Crippen LogP contribution in [0.15, 0.2) is 18.2 Å². The molecular formula is C13H17NO2S. The fourth-order valence-corrected chi connectivity index (χ4v) is 2.53. The third-order valence-electron chi connectivity index (χ3n) is 3.43. The van der Waals surface area contributed by atoms with E-state index in [1.807, 2.05) is 23.9 Å². The molecule has 0 atom stereocenters. The van der Waals surface area contributed by atoms with Crippen molar-refractivity contribution in [3.8, 4) is 11.5 Å². The number of nitrogens with two attached hydrogens (primary N) is 1. The maximum Gasteiger partial charge on any atom is 0.162 e. The Kier molecular flexibility index (Phi) is 2.71. The molecular weight excluding hydrogens is 234 g/mol. The number of hydrogen-bond acceptors (Lipinski definition) is 4. The Hall–Kier alpha value is -0.870. The second-order valence-electron chi connectivity index (χ2n) is 4.80. The minimum Gasteiger partial charge on any atom is -0.493 e. The number of hydrogen-bond donors (Lipinski definition) is 1. The van der Waals surface area contributed by atoms with Gasteiger partial charge in [0.25, 0.3) is 0 Å². The molecule has 0 aromatic heterocycles. The van der Waals surface area contributed by atoms with Gasteiger partial charge >= 0.3 is 0 Å². The molecule has 0 radical (unpaired) electrons. The van der Waals surface area contributed by atoms with Crippen molar-refractivity contribution in [2.24, 2.45) is 5.73 Å². The molecule has 2 N–H and O–H groups in total. The maximum atomic E-state index is 6.21. The van der Waals surface area contributed by atoms with Crippen molar-refractivity contribution < 1.29 is 9.47 Å². The minimum atomic E-state index is -0.112. The minimum absolute atomic E-state index is 0.112. The molecule has 92 valence electrons. The first kappa shape index (κ1) is 11.2. The highest BCUT2D eigenvalue weighted by Crippen LogP contribution is 2.45. The van der Waals surface area contributed by atoms with E-state index < -0.39 is 0 Å². The third kappa shape index (κ3) is 2.11. The average Bonchev–Trinajstić information content (AvgIpc) is 3.03. The monoisotopic (exact) mass is 251 g/mol. The van der Waals surface area contributed by atoms with Crippen LogP contribution < -0.4 is 15.2 Å². The lowest BCUT2D eigenvalue weighted by atomic mass is 10.1. The highest BCUT2D eigenvalue weighted by Gasteiger charge is 2.40. The number of ether oxygens (including phenoxy) is 2. The van der Waals surface area contributed by atoms with E-state index in [1.165, 1.54) is 5.56 Å². The Morgan fingerprint density at radius 2 is 2.06 bits per heavy atom. The van der Waals surface area contributed by atoms with E-state index in [4.69, 9.17) is 15.2 Å². The topological polar surface area (TPSA) is 44.5 Å². The second-order valence-corrected chi connectivity index (χ2v) is 5.87. The van der Waals surface area contributed by atoms with Gasteiger partial charge in [-0.3, -0.25) is 0 Å². The molecule has 0 spiro atoms. The number of methoxy groups -OCH3 is 1. The maximum absolute atomic E-state index is 6.21. The van der Waals surface area contributed by atoms with Gasteiger partial charge in [0.1, 0.15) is 6.10 Å². The van der Waals surface area contributed by atoms with Crippen LogP contribution in [0.5, 0.6) is 11.5 Å². The molecule has 4 heteroatoms. The first-order chi connectivity index (χ1) is 8.21. The molecule has 1 aromatic rings. The van der Waals surface area contributed by atoms with Gasteiger partial charge in [0, 0.05) is 17.0 Å². The van der Waals surface area contributed by atoms with Crippen molar-refractivity contribution in [3.63, 3.8) is 0 Å². The van der Waals surface area contributed by atoms with Gasteiger partial charge < -0.3 is 15.2 Å². The standard InChI is InChI=1S/C13H17NO2S/c1-15-11-3-2-9(13(14)4-5-13)6-12(11)16-10-7-17-8-10/h2-3,6,10H,4-5,7-8,14H2,1H3. The molecule has 1 aliphatic carbocycles. The summed E-state index contributed by atoms with van der Waals surface area (Å²) in [7, 11) is 1.67. The van der Waals surface area contributed by atoms with Crippen LogP contribution in [0.2, 0.25) is 0 Å². The van der Waals surface area contributed by atoms with Crippen LogP contribution >= 0.6 is 11.8 Å². The van der Waals surface area contributed by atoms with Crippen LogP contribution in [0.3, 0.4) is 0 Å². The summed E-state index contributed by atoms with van der Waals surface area (Å²) >= 11 is 1.91. The summed E-state index contributed by atoms with van der Waals surface area (Å²) in [5.74, 6) is 3.78. The van der Waals surface area contributed by atoms with Crippen LogP contribution in [-0.4, -0.2) is 24.7 Å². The van der Waals surface area contributed by atoms with Crippen molar-refractivity contribution in [3.05, 3.63) is 23.8 Å². The third-order valence-corrected chi connectivity index (χ3v) is 4.64. The largest absolute Gasteiger partial charge is 0.493 e. The van der Waals surface area contributed by atoms with Crippen LogP contribution in [0.4, 0.5) is 0 Å². The molecule has 1 saturated heterocycles. The molecule has 17 heavy (non-hydrogen) atoms. The van der Waals surface area contributed by atoms with Gasteiger partial charge in [0.15, 0.2) is 11.5 Å². The first-order valence-corrected chi connectivity index (χ1v) is 7.08. The highest BCUT2D eigenvalue weighted by atomic mass is 32.2. The van der Waals surface area contributed by atoms with Crippen LogP contribution in [0.1, 0.15) is 18.4 Å². The summed E-state index contributed by atoms with van der Waals surface area (Å²) in [6.45, 7) is 0. The van der Waals surface area contributed by atoms with Gasteiger partial charge in [-0.05, 0) is 30.5 Å². The van der Waals surface area contributed by atoms with E-state index in [1.54, 1.807) is 7.11 Å². The lowest BCUT2D eigenvalue weighted by molar-refractivity contribution is 0.228. The molecule has 1 heterocycles. The van der Waals surface area contributed by atoms with Gasteiger partial charge in [0.2, 0.25) is 0 Å². The number of rotatable bonds is 4. The Morgan fingerprint density at radius 3 is 2.59 bits per heavy atom. The van der Waals surface area contributed by atoms with E-state index in [0.29, 0.717) is 6.10 Å². The summed E-state index contributed by atoms with van der Waals surface area (Å²) in [5.41, 5.74) is 7.26. The molecule has 1 aromatic carbocycles. The quantitative estimate of drug-likeness (QED) is 0.890. The van der Waals surface area contributed by atoms with Crippen molar-refractivity contribution in [2.45, 2.75) is 24.5 Å². The zero-order valence-corrected chi connectivity index (χ0v) is 10.8. The van der Waals surface area contributed by atoms with Gasteiger partial charge in [-0.25, -0.2) is 0 Å². The molecule has 0 unspecified atom stereocenters. The predicted molar refractivity (Wildman–Crippen MR) is 69.8 cm³/mol. The number of benzene rings is 1. The summed E-state index contributed by atoms with van der Waals surface area (Å²) in [5, 5.41) is 0. The lowest BCUT2D eigenvalue weighted by Gasteiger charge is -2.27. The van der Waals surface area contributed by atoms with Gasteiger partial charge in [-0.1, -0.05) is 6.07 Å². The van der Waals surface area contributed by atoms with E-state index in [-0.39, 0.29) is 5.54 Å². The summed E-state index contributed by atoms with van der Waals surface area (Å²) < 4.78 is 11.3. The van der Waals surface area contributed by atoms with E-state index in [9.17, 15) is 0 Å². The lowest BCUT2D eigenvalue weighted by Crippen LogP contribution is -2.31. The zero-order valence-electron chi connectivity index (χ0n) is 9.94. The normalized spacial score (nSPS) is 21.8. The molecule has 3 nitrogen and oxygen atoms in total.